The van der Waals surface area contributed by atoms with Crippen LogP contribution < -0.4 is 20.7 Å². The Kier molecular flexibility index (Phi) is 5.65. The summed E-state index contributed by atoms with van der Waals surface area (Å²) in [7, 11) is 3.78. The number of carbonyl (C=O) groups is 1. The van der Waals surface area contributed by atoms with Gasteiger partial charge in [0.25, 0.3) is 5.91 Å². The number of halogens is 1. The van der Waals surface area contributed by atoms with Gasteiger partial charge in [-0.05, 0) is 37.4 Å². The van der Waals surface area contributed by atoms with Crippen LogP contribution in [0, 0.1) is 0 Å². The molecule has 0 radical (unpaired) electrons. The molecule has 156 valence electrons. The number of rotatable bonds is 5. The molecule has 8 heteroatoms. The first-order valence-electron chi connectivity index (χ1n) is 9.73. The Morgan fingerprint density at radius 3 is 2.50 bits per heavy atom. The van der Waals surface area contributed by atoms with E-state index in [1.165, 1.54) is 6.20 Å². The lowest BCUT2D eigenvalue weighted by Gasteiger charge is -2.35. The number of nitrogens with one attached hydrogen (secondary N) is 1. The van der Waals surface area contributed by atoms with Crippen LogP contribution in [0.4, 0.5) is 17.1 Å². The molecule has 0 unspecified atom stereocenters. The van der Waals surface area contributed by atoms with Crippen LogP contribution in [0.3, 0.4) is 0 Å². The van der Waals surface area contributed by atoms with Crippen LogP contribution in [0.2, 0.25) is 5.02 Å². The molecular formula is C22H24ClN5O2. The molecule has 3 N–H and O–H groups in total. The number of hydrogen-bond acceptors (Lipinski definition) is 6. The van der Waals surface area contributed by atoms with E-state index < -0.39 is 5.91 Å². The van der Waals surface area contributed by atoms with Gasteiger partial charge in [-0.25, -0.2) is 0 Å². The summed E-state index contributed by atoms with van der Waals surface area (Å²) >= 11 is 6.01. The van der Waals surface area contributed by atoms with Crippen molar-refractivity contribution in [3.63, 3.8) is 0 Å². The second-order valence-electron chi connectivity index (χ2n) is 7.37. The number of fused-ring (bicyclic) bond motifs is 1. The van der Waals surface area contributed by atoms with Crippen LogP contribution in [0.25, 0.3) is 10.9 Å². The molecule has 1 saturated heterocycles. The van der Waals surface area contributed by atoms with Gasteiger partial charge in [0.1, 0.15) is 5.75 Å². The first-order chi connectivity index (χ1) is 14.5. The molecule has 0 atom stereocenters. The number of nitrogens with two attached hydrogens (primary N) is 1. The average Bonchev–Trinajstić information content (AvgIpc) is 2.75. The van der Waals surface area contributed by atoms with Crippen LogP contribution in [-0.4, -0.2) is 56.1 Å². The fourth-order valence-corrected chi connectivity index (χ4v) is 3.79. The Balaban J connectivity index is 1.86. The predicted octanol–water partition coefficient (Wildman–Crippen LogP) is 3.49. The number of anilines is 3. The number of methoxy groups -OCH3 is 1. The van der Waals surface area contributed by atoms with Crippen molar-refractivity contribution in [2.24, 2.45) is 5.73 Å². The van der Waals surface area contributed by atoms with E-state index in [1.54, 1.807) is 19.2 Å². The van der Waals surface area contributed by atoms with Gasteiger partial charge in [0.05, 0.1) is 29.6 Å². The molecule has 7 nitrogen and oxygen atoms in total. The van der Waals surface area contributed by atoms with Crippen molar-refractivity contribution in [2.75, 3.05) is 50.6 Å². The summed E-state index contributed by atoms with van der Waals surface area (Å²) in [5, 5.41) is 4.77. The third kappa shape index (κ3) is 3.99. The molecule has 0 spiro atoms. The Hall–Kier alpha value is -3.03. The summed E-state index contributed by atoms with van der Waals surface area (Å²) in [4.78, 5) is 21.2. The summed E-state index contributed by atoms with van der Waals surface area (Å²) < 4.78 is 5.66. The number of carbonyl (C=O) groups excluding carboxylic acids is 1. The number of aromatic nitrogens is 1. The maximum Gasteiger partial charge on any atom is 0.252 e. The smallest absolute Gasteiger partial charge is 0.252 e. The number of nitrogens with zero attached hydrogens (tertiary/aromatic N) is 3. The van der Waals surface area contributed by atoms with E-state index in [1.807, 2.05) is 24.3 Å². The van der Waals surface area contributed by atoms with Crippen molar-refractivity contribution in [1.82, 2.24) is 9.88 Å². The number of hydrogen-bond donors (Lipinski definition) is 2. The highest BCUT2D eigenvalue weighted by Gasteiger charge is 2.21. The number of ether oxygens (including phenoxy) is 1. The standard InChI is InChI=1S/C22H24ClN5O2/c1-27-7-9-28(10-8-27)19-11-16-18(12-20(19)30-2)25-13-17(22(24)29)21(16)26-15-5-3-14(23)4-6-15/h3-6,11-13H,7-10H2,1-2H3,(H2,24,29)(H,25,26). The Morgan fingerprint density at radius 2 is 1.87 bits per heavy atom. The molecular weight excluding hydrogens is 402 g/mol. The molecule has 1 fully saturated rings. The summed E-state index contributed by atoms with van der Waals surface area (Å²) in [5.41, 5.74) is 9.08. The largest absolute Gasteiger partial charge is 0.495 e. The lowest BCUT2D eigenvalue weighted by molar-refractivity contribution is 0.100. The van der Waals surface area contributed by atoms with Gasteiger partial charge >= 0.3 is 0 Å². The SMILES string of the molecule is COc1cc2ncc(C(N)=O)c(Nc3ccc(Cl)cc3)c2cc1N1CCN(C)CC1. The van der Waals surface area contributed by atoms with E-state index in [0.717, 1.165) is 48.7 Å². The van der Waals surface area contributed by atoms with Crippen LogP contribution in [0.1, 0.15) is 10.4 Å². The van der Waals surface area contributed by atoms with Crippen molar-refractivity contribution in [3.05, 3.63) is 53.2 Å². The minimum absolute atomic E-state index is 0.326. The van der Waals surface area contributed by atoms with E-state index in [-0.39, 0.29) is 0 Å². The average molecular weight is 426 g/mol. The number of likely N-dealkylation sites (N-methyl/N-ethyl adjacent to an activating group) is 1. The summed E-state index contributed by atoms with van der Waals surface area (Å²) in [6.07, 6.45) is 1.50. The highest BCUT2D eigenvalue weighted by molar-refractivity contribution is 6.30. The van der Waals surface area contributed by atoms with Gasteiger partial charge in [-0.2, -0.15) is 0 Å². The van der Waals surface area contributed by atoms with Crippen LogP contribution in [0.15, 0.2) is 42.6 Å². The highest BCUT2D eigenvalue weighted by Crippen LogP contribution is 2.38. The van der Waals surface area contributed by atoms with Crippen molar-refractivity contribution >= 4 is 45.5 Å². The van der Waals surface area contributed by atoms with Gasteiger partial charge in [0.15, 0.2) is 0 Å². The molecule has 1 aromatic heterocycles. The third-order valence-electron chi connectivity index (χ3n) is 5.39. The number of benzene rings is 2. The Bertz CT molecular complexity index is 1080. The molecule has 2 heterocycles. The first-order valence-corrected chi connectivity index (χ1v) is 10.1. The molecule has 3 aromatic rings. The zero-order valence-electron chi connectivity index (χ0n) is 17.0. The molecule has 1 aliphatic heterocycles. The summed E-state index contributed by atoms with van der Waals surface area (Å²) in [6.45, 7) is 3.72. The van der Waals surface area contributed by atoms with Gasteiger partial charge in [0.2, 0.25) is 0 Å². The van der Waals surface area contributed by atoms with Crippen LogP contribution in [-0.2, 0) is 0 Å². The topological polar surface area (TPSA) is 83.7 Å². The van der Waals surface area contributed by atoms with Gasteiger partial charge < -0.3 is 25.6 Å². The minimum Gasteiger partial charge on any atom is -0.495 e. The highest BCUT2D eigenvalue weighted by atomic mass is 35.5. The van der Waals surface area contributed by atoms with Gasteiger partial charge in [-0.3, -0.25) is 9.78 Å². The Morgan fingerprint density at radius 1 is 1.17 bits per heavy atom. The number of amides is 1. The molecule has 0 aliphatic carbocycles. The molecule has 1 aliphatic rings. The molecule has 0 bridgehead atoms. The molecule has 2 aromatic carbocycles. The van der Waals surface area contributed by atoms with Crippen LogP contribution in [0.5, 0.6) is 5.75 Å². The zero-order valence-corrected chi connectivity index (χ0v) is 17.7. The lowest BCUT2D eigenvalue weighted by atomic mass is 10.1. The monoisotopic (exact) mass is 425 g/mol. The molecule has 1 amide bonds. The van der Waals surface area contributed by atoms with Crippen molar-refractivity contribution in [3.8, 4) is 5.75 Å². The van der Waals surface area contributed by atoms with E-state index >= 15 is 0 Å². The van der Waals surface area contributed by atoms with Gasteiger partial charge in [-0.15, -0.1) is 0 Å². The van der Waals surface area contributed by atoms with Gasteiger partial charge in [-0.1, -0.05) is 11.6 Å². The number of primary amides is 1. The predicted molar refractivity (Wildman–Crippen MR) is 121 cm³/mol. The maximum absolute atomic E-state index is 12.1. The molecule has 0 saturated carbocycles. The van der Waals surface area contributed by atoms with Gasteiger partial charge in [0, 0.05) is 54.5 Å². The third-order valence-corrected chi connectivity index (χ3v) is 5.64. The maximum atomic E-state index is 12.1. The van der Waals surface area contributed by atoms with E-state index in [0.29, 0.717) is 21.8 Å². The van der Waals surface area contributed by atoms with Crippen LogP contribution >= 0.6 is 11.6 Å². The Labute approximate surface area is 180 Å². The quantitative estimate of drug-likeness (QED) is 0.651. The normalized spacial score (nSPS) is 14.7. The number of pyridine rings is 1. The molecule has 4 rings (SSSR count). The van der Waals surface area contributed by atoms with Crippen molar-refractivity contribution < 1.29 is 9.53 Å². The first kappa shape index (κ1) is 20.3. The minimum atomic E-state index is -0.544. The lowest BCUT2D eigenvalue weighted by Crippen LogP contribution is -2.44. The number of piperazine rings is 1. The van der Waals surface area contributed by atoms with E-state index in [4.69, 9.17) is 22.1 Å². The van der Waals surface area contributed by atoms with E-state index in [2.05, 4.69) is 27.1 Å². The van der Waals surface area contributed by atoms with E-state index in [9.17, 15) is 4.79 Å². The van der Waals surface area contributed by atoms with Crippen molar-refractivity contribution in [1.29, 1.82) is 0 Å². The second-order valence-corrected chi connectivity index (χ2v) is 7.81. The summed E-state index contributed by atoms with van der Waals surface area (Å²) in [6, 6.07) is 11.2. The fourth-order valence-electron chi connectivity index (χ4n) is 3.67. The second kappa shape index (κ2) is 8.38. The zero-order chi connectivity index (χ0) is 21.3. The van der Waals surface area contributed by atoms with Crippen molar-refractivity contribution in [2.45, 2.75) is 0 Å². The fraction of sp³-hybridized carbons (Fsp3) is 0.273. The molecule has 30 heavy (non-hydrogen) atoms. The summed E-state index contributed by atoms with van der Waals surface area (Å²) in [5.74, 6) is 0.210.